The number of carbonyl (C=O) groups is 1. The maximum atomic E-state index is 12.5. The van der Waals surface area contributed by atoms with E-state index < -0.39 is 5.92 Å². The molecule has 1 fully saturated rings. The molecule has 2 aromatic rings. The van der Waals surface area contributed by atoms with Crippen LogP contribution in [0.25, 0.3) is 0 Å². The van der Waals surface area contributed by atoms with Crippen LogP contribution in [0.2, 0.25) is 0 Å². The molecule has 1 N–H and O–H groups in total. The first-order valence-electron chi connectivity index (χ1n) is 8.44. The van der Waals surface area contributed by atoms with Crippen LogP contribution < -0.4 is 14.2 Å². The van der Waals surface area contributed by atoms with Crippen molar-refractivity contribution in [2.24, 2.45) is 10.9 Å². The minimum atomic E-state index is -0.523. The number of benzene rings is 2. The quantitative estimate of drug-likeness (QED) is 0.834. The lowest BCUT2D eigenvalue weighted by Crippen LogP contribution is -2.28. The molecule has 1 saturated heterocycles. The molecular weight excluding hydrogens is 350 g/mol. The fraction of sp³-hybridized carbons (Fsp3) is 0.300. The van der Waals surface area contributed by atoms with E-state index in [1.807, 2.05) is 12.1 Å². The number of phenols is 1. The van der Waals surface area contributed by atoms with E-state index in [9.17, 15) is 9.90 Å². The van der Waals surface area contributed by atoms with Crippen molar-refractivity contribution >= 4 is 17.4 Å². The normalized spacial score (nSPS) is 20.3. The van der Waals surface area contributed by atoms with E-state index in [4.69, 9.17) is 18.9 Å². The molecule has 0 bridgehead atoms. The summed E-state index contributed by atoms with van der Waals surface area (Å²) in [4.78, 5) is 17.0. The summed E-state index contributed by atoms with van der Waals surface area (Å²) in [5.41, 5.74) is 2.91. The van der Waals surface area contributed by atoms with Gasteiger partial charge in [0.25, 0.3) is 0 Å². The van der Waals surface area contributed by atoms with Crippen LogP contribution in [0.3, 0.4) is 0 Å². The average Bonchev–Trinajstić information content (AvgIpc) is 3.05. The number of cyclic esters (lactones) is 1. The molecule has 140 valence electrons. The topological polar surface area (TPSA) is 86.6 Å². The summed E-state index contributed by atoms with van der Waals surface area (Å²) < 4.78 is 21.6. The van der Waals surface area contributed by atoms with Gasteiger partial charge in [-0.3, -0.25) is 9.79 Å². The SMILES string of the molecule is COc1cc(C2c3ccc(O)cc3N=C3COC(=O)C32)cc(OC)c1OC. The smallest absolute Gasteiger partial charge is 0.316 e. The molecular formula is C20H19NO6. The molecule has 2 atom stereocenters. The van der Waals surface area contributed by atoms with Crippen LogP contribution in [-0.2, 0) is 9.53 Å². The second kappa shape index (κ2) is 6.50. The van der Waals surface area contributed by atoms with Crippen LogP contribution >= 0.6 is 0 Å². The zero-order valence-corrected chi connectivity index (χ0v) is 15.2. The summed E-state index contributed by atoms with van der Waals surface area (Å²) in [5, 5.41) is 9.85. The number of hydrogen-bond acceptors (Lipinski definition) is 7. The first kappa shape index (κ1) is 17.2. The number of fused-ring (bicyclic) bond motifs is 2. The maximum Gasteiger partial charge on any atom is 0.316 e. The van der Waals surface area contributed by atoms with E-state index in [1.54, 1.807) is 32.4 Å². The second-order valence-corrected chi connectivity index (χ2v) is 6.37. The number of carbonyl (C=O) groups excluding carboxylic acids is 1. The molecule has 2 aliphatic rings. The van der Waals surface area contributed by atoms with E-state index >= 15 is 0 Å². The van der Waals surface area contributed by atoms with E-state index in [0.29, 0.717) is 28.6 Å². The molecule has 0 amide bonds. The molecule has 27 heavy (non-hydrogen) atoms. The largest absolute Gasteiger partial charge is 0.508 e. The monoisotopic (exact) mass is 369 g/mol. The van der Waals surface area contributed by atoms with Crippen molar-refractivity contribution in [3.63, 3.8) is 0 Å². The highest BCUT2D eigenvalue weighted by molar-refractivity contribution is 6.11. The summed E-state index contributed by atoms with van der Waals surface area (Å²) in [6.07, 6.45) is 0. The fourth-order valence-corrected chi connectivity index (χ4v) is 3.77. The number of hydrogen-bond donors (Lipinski definition) is 1. The maximum absolute atomic E-state index is 12.5. The van der Waals surface area contributed by atoms with Gasteiger partial charge in [-0.2, -0.15) is 0 Å². The summed E-state index contributed by atoms with van der Waals surface area (Å²) in [5.74, 6) is 0.428. The number of aromatic hydroxyl groups is 1. The highest BCUT2D eigenvalue weighted by atomic mass is 16.5. The van der Waals surface area contributed by atoms with Gasteiger partial charge in [-0.05, 0) is 29.3 Å². The molecule has 2 aromatic carbocycles. The first-order chi connectivity index (χ1) is 13.1. The Morgan fingerprint density at radius 1 is 1.04 bits per heavy atom. The van der Waals surface area contributed by atoms with Gasteiger partial charge in [-0.1, -0.05) is 6.07 Å². The fourth-order valence-electron chi connectivity index (χ4n) is 3.77. The summed E-state index contributed by atoms with van der Waals surface area (Å²) in [6, 6.07) is 8.62. The Bertz CT molecular complexity index is 926. The van der Waals surface area contributed by atoms with Crippen LogP contribution in [0.4, 0.5) is 5.69 Å². The van der Waals surface area contributed by atoms with Gasteiger partial charge in [-0.25, -0.2) is 0 Å². The van der Waals surface area contributed by atoms with E-state index in [-0.39, 0.29) is 24.2 Å². The Labute approximate surface area is 156 Å². The van der Waals surface area contributed by atoms with Crippen molar-refractivity contribution < 1.29 is 28.8 Å². The van der Waals surface area contributed by atoms with Crippen LogP contribution in [0.1, 0.15) is 17.0 Å². The molecule has 0 aromatic heterocycles. The Hall–Kier alpha value is -3.22. The zero-order valence-electron chi connectivity index (χ0n) is 15.2. The van der Waals surface area contributed by atoms with Crippen molar-refractivity contribution in [2.75, 3.05) is 27.9 Å². The van der Waals surface area contributed by atoms with Gasteiger partial charge in [-0.15, -0.1) is 0 Å². The zero-order chi connectivity index (χ0) is 19.1. The highest BCUT2D eigenvalue weighted by Crippen LogP contribution is 2.49. The second-order valence-electron chi connectivity index (χ2n) is 6.37. The minimum absolute atomic E-state index is 0.116. The highest BCUT2D eigenvalue weighted by Gasteiger charge is 2.45. The third-order valence-electron chi connectivity index (χ3n) is 4.97. The van der Waals surface area contributed by atoms with Crippen LogP contribution in [0.15, 0.2) is 35.3 Å². The van der Waals surface area contributed by atoms with Crippen molar-refractivity contribution in [3.8, 4) is 23.0 Å². The van der Waals surface area contributed by atoms with Crippen molar-refractivity contribution in [2.45, 2.75) is 5.92 Å². The van der Waals surface area contributed by atoms with E-state index in [1.165, 1.54) is 7.11 Å². The van der Waals surface area contributed by atoms with Gasteiger partial charge in [0.1, 0.15) is 18.3 Å². The van der Waals surface area contributed by atoms with Gasteiger partial charge in [0.05, 0.1) is 32.7 Å². The van der Waals surface area contributed by atoms with Gasteiger partial charge < -0.3 is 24.1 Å². The predicted molar refractivity (Wildman–Crippen MR) is 97.6 cm³/mol. The number of esters is 1. The molecule has 7 nitrogen and oxygen atoms in total. The molecule has 0 saturated carbocycles. The van der Waals surface area contributed by atoms with Gasteiger partial charge >= 0.3 is 5.97 Å². The molecule has 0 spiro atoms. The lowest BCUT2D eigenvalue weighted by molar-refractivity contribution is -0.141. The van der Waals surface area contributed by atoms with Crippen LogP contribution in [0, 0.1) is 5.92 Å². The van der Waals surface area contributed by atoms with Crippen molar-refractivity contribution in [1.82, 2.24) is 0 Å². The van der Waals surface area contributed by atoms with Crippen LogP contribution in [-0.4, -0.2) is 44.7 Å². The molecule has 2 unspecified atom stereocenters. The summed E-state index contributed by atoms with van der Waals surface area (Å²) >= 11 is 0. The third kappa shape index (κ3) is 2.66. The van der Waals surface area contributed by atoms with Crippen molar-refractivity contribution in [1.29, 1.82) is 0 Å². The van der Waals surface area contributed by atoms with E-state index in [2.05, 4.69) is 4.99 Å². The number of rotatable bonds is 4. The Morgan fingerprint density at radius 2 is 1.74 bits per heavy atom. The van der Waals surface area contributed by atoms with E-state index in [0.717, 1.165) is 11.1 Å². The molecule has 2 heterocycles. The molecule has 4 rings (SSSR count). The molecule has 2 aliphatic heterocycles. The Kier molecular flexibility index (Phi) is 4.14. The standard InChI is InChI=1S/C20H19NO6/c1-24-15-6-10(7-16(25-2)19(15)26-3)17-12-5-4-11(22)8-13(12)21-14-9-27-20(23)18(14)17/h4-8,17-18,22H,9H2,1-3H3. The molecule has 0 aliphatic carbocycles. The van der Waals surface area contributed by atoms with Crippen molar-refractivity contribution in [3.05, 3.63) is 41.5 Å². The van der Waals surface area contributed by atoms with Gasteiger partial charge in [0.15, 0.2) is 11.5 Å². The number of methoxy groups -OCH3 is 3. The first-order valence-corrected chi connectivity index (χ1v) is 8.44. The molecule has 7 heteroatoms. The number of ether oxygens (including phenoxy) is 4. The summed E-state index contributed by atoms with van der Waals surface area (Å²) in [6.45, 7) is 0.152. The Morgan fingerprint density at radius 3 is 2.37 bits per heavy atom. The summed E-state index contributed by atoms with van der Waals surface area (Å²) in [7, 11) is 4.63. The van der Waals surface area contributed by atoms with Crippen LogP contribution in [0.5, 0.6) is 23.0 Å². The number of phenolic OH excluding ortho intramolecular Hbond substituents is 1. The predicted octanol–water partition coefficient (Wildman–Crippen LogP) is 2.81. The molecule has 0 radical (unpaired) electrons. The average molecular weight is 369 g/mol. The van der Waals surface area contributed by atoms with Gasteiger partial charge in [0.2, 0.25) is 5.75 Å². The lowest BCUT2D eigenvalue weighted by atomic mass is 9.76. The third-order valence-corrected chi connectivity index (χ3v) is 4.97. The number of nitrogens with zero attached hydrogens (tertiary/aromatic N) is 1. The minimum Gasteiger partial charge on any atom is -0.508 e. The lowest BCUT2D eigenvalue weighted by Gasteiger charge is -2.28. The number of aliphatic imine (C=N–C) groups is 1. The Balaban J connectivity index is 1.94. The van der Waals surface area contributed by atoms with Gasteiger partial charge in [0, 0.05) is 12.0 Å².